The van der Waals surface area contributed by atoms with Crippen molar-refractivity contribution in [3.05, 3.63) is 107 Å². The van der Waals surface area contributed by atoms with Gasteiger partial charge in [-0.05, 0) is 29.3 Å². The molecule has 1 N–H and O–H groups in total. The second kappa shape index (κ2) is 11.1. The number of halogens is 1. The van der Waals surface area contributed by atoms with E-state index in [4.69, 9.17) is 14.2 Å². The number of hydrogen-bond acceptors (Lipinski definition) is 7. The van der Waals surface area contributed by atoms with Gasteiger partial charge in [-0.1, -0.05) is 42.5 Å². The predicted molar refractivity (Wildman–Crippen MR) is 122 cm³/mol. The van der Waals surface area contributed by atoms with Gasteiger partial charge in [-0.25, -0.2) is 9.37 Å². The lowest BCUT2D eigenvalue weighted by atomic mass is 10.1. The summed E-state index contributed by atoms with van der Waals surface area (Å²) < 4.78 is 35.8. The number of nitrogens with zero attached hydrogens (tertiary/aromatic N) is 1. The lowest BCUT2D eigenvalue weighted by molar-refractivity contribution is -0.139. The smallest absolute Gasteiger partial charge is 0.325 e. The maximum absolute atomic E-state index is 14.4. The van der Waals surface area contributed by atoms with Crippen LogP contribution in [0.2, 0.25) is 0 Å². The molecule has 0 spiro atoms. The first kappa shape index (κ1) is 23.7. The van der Waals surface area contributed by atoms with E-state index >= 15 is 0 Å². The fraction of sp³-hybridized carbons (Fsp3) is 0.192. The van der Waals surface area contributed by atoms with Crippen molar-refractivity contribution < 1.29 is 32.9 Å². The van der Waals surface area contributed by atoms with E-state index in [-0.39, 0.29) is 35.9 Å². The number of aromatic nitrogens is 1. The maximum Gasteiger partial charge on any atom is 0.325 e. The molecule has 4 rings (SSSR count). The zero-order valence-electron chi connectivity index (χ0n) is 18.9. The maximum atomic E-state index is 14.4. The van der Waals surface area contributed by atoms with E-state index < -0.39 is 24.0 Å². The highest BCUT2D eigenvalue weighted by Gasteiger charge is 2.24. The van der Waals surface area contributed by atoms with E-state index in [0.29, 0.717) is 12.0 Å². The summed E-state index contributed by atoms with van der Waals surface area (Å²) in [7, 11) is 1.27. The Morgan fingerprint density at radius 1 is 1.09 bits per heavy atom. The molecular weight excluding hydrogens is 455 g/mol. The summed E-state index contributed by atoms with van der Waals surface area (Å²) in [4.78, 5) is 28.3. The molecule has 1 aliphatic rings. The Labute approximate surface area is 201 Å². The molecule has 180 valence electrons. The largest absolute Gasteiger partial charge is 0.469 e. The molecular formula is C26H23FN2O6. The van der Waals surface area contributed by atoms with E-state index in [1.54, 1.807) is 12.1 Å². The van der Waals surface area contributed by atoms with E-state index in [1.165, 1.54) is 37.8 Å². The van der Waals surface area contributed by atoms with Gasteiger partial charge in [-0.3, -0.25) is 9.59 Å². The molecule has 1 unspecified atom stereocenters. The molecule has 35 heavy (non-hydrogen) atoms. The molecule has 0 radical (unpaired) electrons. The first-order valence-corrected chi connectivity index (χ1v) is 10.8. The normalized spacial score (nSPS) is 14.3. The highest BCUT2D eigenvalue weighted by atomic mass is 19.1. The molecule has 2 aromatic carbocycles. The van der Waals surface area contributed by atoms with E-state index in [0.717, 1.165) is 5.56 Å². The van der Waals surface area contributed by atoms with Gasteiger partial charge in [-0.15, -0.1) is 0 Å². The average Bonchev–Trinajstić information content (AvgIpc) is 3.30. The molecule has 3 aromatic rings. The van der Waals surface area contributed by atoms with Gasteiger partial charge in [0.05, 0.1) is 13.5 Å². The number of carbonyl (C=O) groups excluding carboxylic acids is 2. The quantitative estimate of drug-likeness (QED) is 0.469. The highest BCUT2D eigenvalue weighted by molar-refractivity contribution is 5.96. The number of pyridine rings is 1. The third-order valence-corrected chi connectivity index (χ3v) is 5.15. The van der Waals surface area contributed by atoms with Crippen molar-refractivity contribution in [1.82, 2.24) is 10.3 Å². The summed E-state index contributed by atoms with van der Waals surface area (Å²) in [5.41, 5.74) is 1.92. The van der Waals surface area contributed by atoms with Gasteiger partial charge in [0.25, 0.3) is 5.91 Å². The second-order valence-corrected chi connectivity index (χ2v) is 7.63. The van der Waals surface area contributed by atoms with Crippen LogP contribution in [0.15, 0.2) is 79.1 Å². The van der Waals surface area contributed by atoms with Crippen LogP contribution in [0, 0.1) is 5.82 Å². The van der Waals surface area contributed by atoms with Gasteiger partial charge in [0.15, 0.2) is 6.26 Å². The summed E-state index contributed by atoms with van der Waals surface area (Å²) in [5, 5.41) is 2.65. The molecule has 0 fully saturated rings. The number of nitrogens with one attached hydrogen (secondary N) is 1. The van der Waals surface area contributed by atoms with Crippen molar-refractivity contribution in [1.29, 1.82) is 0 Å². The van der Waals surface area contributed by atoms with E-state index in [2.05, 4.69) is 15.0 Å². The van der Waals surface area contributed by atoms with Crippen molar-refractivity contribution in [3.8, 4) is 5.88 Å². The zero-order chi connectivity index (χ0) is 24.6. The van der Waals surface area contributed by atoms with Crippen LogP contribution in [-0.2, 0) is 38.4 Å². The monoisotopic (exact) mass is 478 g/mol. The first-order valence-electron chi connectivity index (χ1n) is 10.8. The molecule has 0 saturated heterocycles. The number of benzene rings is 2. The van der Waals surface area contributed by atoms with Gasteiger partial charge in [-0.2, -0.15) is 0 Å². The third-order valence-electron chi connectivity index (χ3n) is 5.15. The van der Waals surface area contributed by atoms with Gasteiger partial charge >= 0.3 is 11.9 Å². The molecule has 1 aliphatic heterocycles. The highest BCUT2D eigenvalue weighted by Crippen LogP contribution is 2.23. The zero-order valence-corrected chi connectivity index (χ0v) is 18.9. The van der Waals surface area contributed by atoms with Crippen LogP contribution in [0.1, 0.15) is 27.0 Å². The number of methoxy groups -OCH3 is 1. The van der Waals surface area contributed by atoms with Crippen LogP contribution in [0.4, 0.5) is 4.39 Å². The molecule has 1 amide bonds. The minimum Gasteiger partial charge on any atom is -0.469 e. The van der Waals surface area contributed by atoms with Gasteiger partial charge in [0, 0.05) is 24.7 Å². The van der Waals surface area contributed by atoms with Crippen molar-refractivity contribution in [2.24, 2.45) is 0 Å². The van der Waals surface area contributed by atoms with Gasteiger partial charge < -0.3 is 24.3 Å². The summed E-state index contributed by atoms with van der Waals surface area (Å²) in [6, 6.07) is 17.2. The predicted octanol–water partition coefficient (Wildman–Crippen LogP) is 3.66. The molecule has 0 saturated carbocycles. The molecule has 1 aromatic heterocycles. The Bertz CT molecular complexity index is 1230. The average molecular weight is 478 g/mol. The van der Waals surface area contributed by atoms with Crippen molar-refractivity contribution >= 4 is 11.9 Å². The van der Waals surface area contributed by atoms with Crippen LogP contribution in [-0.4, -0.2) is 30.3 Å². The second-order valence-electron chi connectivity index (χ2n) is 7.63. The molecule has 8 nitrogen and oxygen atoms in total. The number of ether oxygens (including phenoxy) is 4. The SMILES string of the molecule is COC(=O)Cc1ccc(CNC(=O)c2cccnc2OC2=COC(Cc3ccccc3)O2)c(F)c1. The van der Waals surface area contributed by atoms with Crippen LogP contribution in [0.25, 0.3) is 0 Å². The molecule has 0 bridgehead atoms. The summed E-state index contributed by atoms with van der Waals surface area (Å²) >= 11 is 0. The number of carbonyl (C=O) groups is 2. The molecule has 0 aliphatic carbocycles. The van der Waals surface area contributed by atoms with Crippen LogP contribution in [0.3, 0.4) is 0 Å². The first-order chi connectivity index (χ1) is 17.0. The summed E-state index contributed by atoms with van der Waals surface area (Å²) in [6.45, 7) is -0.0705. The van der Waals surface area contributed by atoms with Crippen molar-refractivity contribution in [2.75, 3.05) is 7.11 Å². The van der Waals surface area contributed by atoms with E-state index in [1.807, 2.05) is 30.3 Å². The Hall–Kier alpha value is -4.40. The fourth-order valence-corrected chi connectivity index (χ4v) is 3.35. The Balaban J connectivity index is 1.35. The Morgan fingerprint density at radius 3 is 2.69 bits per heavy atom. The standard InChI is InChI=1S/C26H23FN2O6/c1-32-22(30)13-18-9-10-19(21(27)12-18)15-29-25(31)20-8-5-11-28-26(20)35-24-16-33-23(34-24)14-17-6-3-2-4-7-17/h2-12,16,23H,13-15H2,1H3,(H,29,31). The number of hydrogen-bond donors (Lipinski definition) is 1. The number of amides is 1. The molecule has 9 heteroatoms. The lowest BCUT2D eigenvalue weighted by Crippen LogP contribution is -2.24. The fourth-order valence-electron chi connectivity index (χ4n) is 3.35. The minimum absolute atomic E-state index is 0.0223. The summed E-state index contributed by atoms with van der Waals surface area (Å²) in [5.74, 6) is -1.42. The molecule has 1 atom stereocenters. The third kappa shape index (κ3) is 6.35. The van der Waals surface area contributed by atoms with Crippen LogP contribution >= 0.6 is 0 Å². The lowest BCUT2D eigenvalue weighted by Gasteiger charge is -2.13. The Kier molecular flexibility index (Phi) is 7.57. The van der Waals surface area contributed by atoms with Crippen molar-refractivity contribution in [3.63, 3.8) is 0 Å². The molecule has 2 heterocycles. The van der Waals surface area contributed by atoms with Gasteiger partial charge in [0.1, 0.15) is 11.4 Å². The number of rotatable bonds is 9. The van der Waals surface area contributed by atoms with Crippen LogP contribution < -0.4 is 10.1 Å². The number of esters is 1. The Morgan fingerprint density at radius 2 is 1.91 bits per heavy atom. The minimum atomic E-state index is -0.557. The topological polar surface area (TPSA) is 96.0 Å². The van der Waals surface area contributed by atoms with E-state index in [9.17, 15) is 14.0 Å². The van der Waals surface area contributed by atoms with Crippen LogP contribution in [0.5, 0.6) is 5.88 Å². The van der Waals surface area contributed by atoms with Gasteiger partial charge in [0.2, 0.25) is 12.2 Å². The van der Waals surface area contributed by atoms with Crippen molar-refractivity contribution in [2.45, 2.75) is 25.7 Å². The summed E-state index contributed by atoms with van der Waals surface area (Å²) in [6.07, 6.45) is 2.73.